The van der Waals surface area contributed by atoms with Crippen LogP contribution in [-0.2, 0) is 0 Å². The van der Waals surface area contributed by atoms with E-state index < -0.39 is 5.82 Å². The summed E-state index contributed by atoms with van der Waals surface area (Å²) in [6.07, 6.45) is 3.04. The molecule has 0 atom stereocenters. The zero-order valence-electron chi connectivity index (χ0n) is 8.85. The fraction of sp³-hybridized carbons (Fsp3) is 0. The molecule has 0 bridgehead atoms. The summed E-state index contributed by atoms with van der Waals surface area (Å²) in [5.41, 5.74) is 6.32. The molecule has 3 N–H and O–H groups in total. The van der Waals surface area contributed by atoms with Crippen LogP contribution in [0.3, 0.4) is 0 Å². The molecule has 1 aromatic carbocycles. The number of nitrogens with one attached hydrogen (secondary N) is 1. The van der Waals surface area contributed by atoms with Crippen molar-refractivity contribution in [1.29, 1.82) is 0 Å². The van der Waals surface area contributed by atoms with Crippen LogP contribution in [0.25, 0.3) is 0 Å². The number of aromatic nitrogens is 1. The largest absolute Gasteiger partial charge is 0.396 e. The zero-order valence-corrected chi connectivity index (χ0v) is 8.85. The van der Waals surface area contributed by atoms with Gasteiger partial charge < -0.3 is 11.1 Å². The number of carbonyl (C=O) groups is 1. The number of benzene rings is 1. The second-order valence-corrected chi connectivity index (χ2v) is 3.43. The van der Waals surface area contributed by atoms with Crippen molar-refractivity contribution in [3.8, 4) is 0 Å². The summed E-state index contributed by atoms with van der Waals surface area (Å²) in [6.45, 7) is 0. The van der Waals surface area contributed by atoms with E-state index in [2.05, 4.69) is 10.3 Å². The van der Waals surface area contributed by atoms with Crippen LogP contribution in [0.15, 0.2) is 42.7 Å². The monoisotopic (exact) mass is 231 g/mol. The van der Waals surface area contributed by atoms with E-state index in [-0.39, 0.29) is 11.6 Å². The summed E-state index contributed by atoms with van der Waals surface area (Å²) in [7, 11) is 0. The van der Waals surface area contributed by atoms with Gasteiger partial charge in [-0.25, -0.2) is 4.39 Å². The average molecular weight is 231 g/mol. The molecule has 2 aromatic rings. The maximum absolute atomic E-state index is 12.9. The SMILES string of the molecule is Nc1cc(NC(=O)c2ccncc2)ccc1F. The topological polar surface area (TPSA) is 68.0 Å². The number of carbonyl (C=O) groups excluding carboxylic acids is 1. The summed E-state index contributed by atoms with van der Waals surface area (Å²) >= 11 is 0. The van der Waals surface area contributed by atoms with E-state index in [9.17, 15) is 9.18 Å². The molecule has 1 heterocycles. The van der Waals surface area contributed by atoms with Gasteiger partial charge in [0.2, 0.25) is 0 Å². The minimum absolute atomic E-state index is 0.00229. The van der Waals surface area contributed by atoms with Crippen molar-refractivity contribution in [2.24, 2.45) is 0 Å². The van der Waals surface area contributed by atoms with Gasteiger partial charge in [-0.15, -0.1) is 0 Å². The molecule has 4 nitrogen and oxygen atoms in total. The van der Waals surface area contributed by atoms with Gasteiger partial charge in [0.25, 0.3) is 5.91 Å². The summed E-state index contributed by atoms with van der Waals surface area (Å²) in [4.78, 5) is 15.5. The van der Waals surface area contributed by atoms with E-state index in [1.54, 1.807) is 12.1 Å². The van der Waals surface area contributed by atoms with E-state index in [0.29, 0.717) is 11.3 Å². The number of nitrogens with two attached hydrogens (primary N) is 1. The highest BCUT2D eigenvalue weighted by Crippen LogP contribution is 2.16. The molecule has 0 aliphatic rings. The van der Waals surface area contributed by atoms with Gasteiger partial charge in [0.15, 0.2) is 0 Å². The zero-order chi connectivity index (χ0) is 12.3. The lowest BCUT2D eigenvalue weighted by Gasteiger charge is -2.06. The first kappa shape index (κ1) is 11.1. The Labute approximate surface area is 97.3 Å². The van der Waals surface area contributed by atoms with E-state index in [1.807, 2.05) is 0 Å². The second-order valence-electron chi connectivity index (χ2n) is 3.43. The van der Waals surface area contributed by atoms with Gasteiger partial charge in [0.1, 0.15) is 5.82 Å². The Morgan fingerprint density at radius 3 is 2.59 bits per heavy atom. The smallest absolute Gasteiger partial charge is 0.255 e. The highest BCUT2D eigenvalue weighted by molar-refractivity contribution is 6.04. The van der Waals surface area contributed by atoms with E-state index >= 15 is 0 Å². The Bertz CT molecular complexity index is 543. The first-order chi connectivity index (χ1) is 8.16. The molecule has 0 saturated carbocycles. The van der Waals surface area contributed by atoms with E-state index in [1.165, 1.54) is 30.6 Å². The highest BCUT2D eigenvalue weighted by atomic mass is 19.1. The molecule has 5 heteroatoms. The third-order valence-electron chi connectivity index (χ3n) is 2.20. The summed E-state index contributed by atoms with van der Waals surface area (Å²) < 4.78 is 12.9. The summed E-state index contributed by atoms with van der Waals surface area (Å²) in [6, 6.07) is 7.20. The predicted octanol–water partition coefficient (Wildman–Crippen LogP) is 2.06. The fourth-order valence-electron chi connectivity index (χ4n) is 1.33. The van der Waals surface area contributed by atoms with Crippen molar-refractivity contribution in [1.82, 2.24) is 4.98 Å². The minimum atomic E-state index is -0.507. The second kappa shape index (κ2) is 4.61. The Kier molecular flexibility index (Phi) is 3.00. The first-order valence-corrected chi connectivity index (χ1v) is 4.93. The molecule has 0 spiro atoms. The van der Waals surface area contributed by atoms with Crippen molar-refractivity contribution in [2.45, 2.75) is 0 Å². The van der Waals surface area contributed by atoms with Crippen LogP contribution in [0.2, 0.25) is 0 Å². The van der Waals surface area contributed by atoms with Crippen LogP contribution in [0.1, 0.15) is 10.4 Å². The number of anilines is 2. The van der Waals surface area contributed by atoms with Crippen LogP contribution in [-0.4, -0.2) is 10.9 Å². The quantitative estimate of drug-likeness (QED) is 0.777. The molecule has 86 valence electrons. The van der Waals surface area contributed by atoms with Gasteiger partial charge in [-0.2, -0.15) is 0 Å². The van der Waals surface area contributed by atoms with Crippen LogP contribution in [0, 0.1) is 5.82 Å². The Morgan fingerprint density at radius 1 is 1.24 bits per heavy atom. The molecule has 0 saturated heterocycles. The van der Waals surface area contributed by atoms with Gasteiger partial charge in [-0.3, -0.25) is 9.78 Å². The lowest BCUT2D eigenvalue weighted by Crippen LogP contribution is -2.12. The molecule has 0 aliphatic heterocycles. The van der Waals surface area contributed by atoms with Crippen molar-refractivity contribution in [3.63, 3.8) is 0 Å². The average Bonchev–Trinajstić information content (AvgIpc) is 2.35. The van der Waals surface area contributed by atoms with Crippen LogP contribution >= 0.6 is 0 Å². The highest BCUT2D eigenvalue weighted by Gasteiger charge is 2.06. The standard InChI is InChI=1S/C12H10FN3O/c13-10-2-1-9(7-11(10)14)16-12(17)8-3-5-15-6-4-8/h1-7H,14H2,(H,16,17). The Hall–Kier alpha value is -2.43. The number of nitrogens with zero attached hydrogens (tertiary/aromatic N) is 1. The van der Waals surface area contributed by atoms with Gasteiger partial charge in [-0.05, 0) is 30.3 Å². The normalized spacial score (nSPS) is 9.94. The molecule has 1 amide bonds. The molecular weight excluding hydrogens is 221 g/mol. The van der Waals surface area contributed by atoms with Crippen LogP contribution in [0.4, 0.5) is 15.8 Å². The van der Waals surface area contributed by atoms with Gasteiger partial charge in [-0.1, -0.05) is 0 Å². The summed E-state index contributed by atoms with van der Waals surface area (Å²) in [5.74, 6) is -0.801. The number of halogens is 1. The fourth-order valence-corrected chi connectivity index (χ4v) is 1.33. The van der Waals surface area contributed by atoms with Crippen molar-refractivity contribution in [3.05, 3.63) is 54.1 Å². The summed E-state index contributed by atoms with van der Waals surface area (Å²) in [5, 5.41) is 2.61. The number of amides is 1. The lowest BCUT2D eigenvalue weighted by atomic mass is 10.2. The van der Waals surface area contributed by atoms with Gasteiger partial charge >= 0.3 is 0 Å². The molecule has 17 heavy (non-hydrogen) atoms. The number of rotatable bonds is 2. The molecule has 0 unspecified atom stereocenters. The molecule has 0 aliphatic carbocycles. The molecule has 0 radical (unpaired) electrons. The number of hydrogen-bond acceptors (Lipinski definition) is 3. The van der Waals surface area contributed by atoms with Crippen molar-refractivity contribution < 1.29 is 9.18 Å². The Balaban J connectivity index is 2.16. The lowest BCUT2D eigenvalue weighted by molar-refractivity contribution is 0.102. The van der Waals surface area contributed by atoms with Crippen molar-refractivity contribution in [2.75, 3.05) is 11.1 Å². The third kappa shape index (κ3) is 2.57. The minimum Gasteiger partial charge on any atom is -0.396 e. The van der Waals surface area contributed by atoms with Crippen molar-refractivity contribution >= 4 is 17.3 Å². The molecule has 2 rings (SSSR count). The molecular formula is C12H10FN3O. The maximum Gasteiger partial charge on any atom is 0.255 e. The third-order valence-corrected chi connectivity index (χ3v) is 2.20. The van der Waals surface area contributed by atoms with E-state index in [4.69, 9.17) is 5.73 Å². The maximum atomic E-state index is 12.9. The number of hydrogen-bond donors (Lipinski definition) is 2. The number of pyridine rings is 1. The molecule has 1 aromatic heterocycles. The first-order valence-electron chi connectivity index (χ1n) is 4.93. The van der Waals surface area contributed by atoms with Gasteiger partial charge in [0, 0.05) is 23.6 Å². The predicted molar refractivity (Wildman–Crippen MR) is 63.0 cm³/mol. The van der Waals surface area contributed by atoms with E-state index in [0.717, 1.165) is 0 Å². The number of nitrogen functional groups attached to an aromatic ring is 1. The Morgan fingerprint density at radius 2 is 1.94 bits per heavy atom. The van der Waals surface area contributed by atoms with Crippen LogP contribution < -0.4 is 11.1 Å². The molecule has 0 fully saturated rings. The van der Waals surface area contributed by atoms with Gasteiger partial charge in [0.05, 0.1) is 5.69 Å². The van der Waals surface area contributed by atoms with Crippen LogP contribution in [0.5, 0.6) is 0 Å².